The number of carboxylic acid groups (broad SMARTS) is 1. The van der Waals surface area contributed by atoms with Crippen molar-refractivity contribution in [2.45, 2.75) is 12.3 Å². The lowest BCUT2D eigenvalue weighted by Gasteiger charge is -2.14. The highest BCUT2D eigenvalue weighted by Gasteiger charge is 2.21. The summed E-state index contributed by atoms with van der Waals surface area (Å²) in [6, 6.07) is 12.3. The molecule has 5 heteroatoms. The number of rotatable bonds is 4. The summed E-state index contributed by atoms with van der Waals surface area (Å²) in [5.74, 6) is -1.57. The first-order valence-electron chi connectivity index (χ1n) is 5.89. The molecule has 0 amide bonds. The van der Waals surface area contributed by atoms with Crippen molar-refractivity contribution >= 4 is 45.1 Å². The van der Waals surface area contributed by atoms with Gasteiger partial charge in [0.15, 0.2) is 0 Å². The lowest BCUT2D eigenvalue weighted by atomic mass is 9.92. The lowest BCUT2D eigenvalue weighted by molar-refractivity contribution is -0.138. The summed E-state index contributed by atoms with van der Waals surface area (Å²) < 4.78 is 0.862. The van der Waals surface area contributed by atoms with Crippen molar-refractivity contribution in [1.82, 2.24) is 0 Å². The van der Waals surface area contributed by atoms with Crippen LogP contribution < -0.4 is 0 Å². The molecule has 0 spiro atoms. The van der Waals surface area contributed by atoms with E-state index in [1.54, 1.807) is 30.3 Å². The summed E-state index contributed by atoms with van der Waals surface area (Å²) in [4.78, 5) is 11.5. The molecular formula is C15H11BrCl2O2. The molecule has 104 valence electrons. The summed E-state index contributed by atoms with van der Waals surface area (Å²) in [5, 5.41) is 10.5. The zero-order chi connectivity index (χ0) is 14.7. The van der Waals surface area contributed by atoms with Gasteiger partial charge >= 0.3 is 5.97 Å². The standard InChI is InChI=1S/C15H11BrCl2O2/c16-11-5-4-10(14(18)8-11)7-13(15(19)20)9-2-1-3-12(17)6-9/h1-6,8,13H,7H2,(H,19,20). The Labute approximate surface area is 135 Å². The second-order valence-corrected chi connectivity index (χ2v) is 6.14. The third kappa shape index (κ3) is 3.75. The Balaban J connectivity index is 2.33. The predicted octanol–water partition coefficient (Wildman–Crippen LogP) is 5.17. The Hall–Kier alpha value is -1.03. The first-order valence-corrected chi connectivity index (χ1v) is 7.44. The second-order valence-electron chi connectivity index (χ2n) is 4.39. The van der Waals surface area contributed by atoms with Crippen molar-refractivity contribution in [2.75, 3.05) is 0 Å². The Morgan fingerprint density at radius 2 is 1.95 bits per heavy atom. The van der Waals surface area contributed by atoms with E-state index in [0.717, 1.165) is 10.0 Å². The minimum atomic E-state index is -0.897. The van der Waals surface area contributed by atoms with Gasteiger partial charge in [-0.15, -0.1) is 0 Å². The number of carboxylic acids is 1. The molecule has 0 aromatic heterocycles. The lowest BCUT2D eigenvalue weighted by Crippen LogP contribution is -2.14. The van der Waals surface area contributed by atoms with Gasteiger partial charge in [0.25, 0.3) is 0 Å². The van der Waals surface area contributed by atoms with Crippen LogP contribution >= 0.6 is 39.1 Å². The molecule has 1 N–H and O–H groups in total. The molecule has 0 saturated carbocycles. The number of carbonyl (C=O) groups is 1. The Bertz CT molecular complexity index is 644. The van der Waals surface area contributed by atoms with Gasteiger partial charge in [0.2, 0.25) is 0 Å². The molecule has 0 heterocycles. The highest BCUT2D eigenvalue weighted by atomic mass is 79.9. The first kappa shape index (κ1) is 15.4. The Kier molecular flexibility index (Phi) is 5.08. The van der Waals surface area contributed by atoms with Crippen LogP contribution in [-0.2, 0) is 11.2 Å². The molecule has 0 radical (unpaired) electrons. The van der Waals surface area contributed by atoms with Gasteiger partial charge < -0.3 is 5.11 Å². The van der Waals surface area contributed by atoms with Crippen LogP contribution in [-0.4, -0.2) is 11.1 Å². The van der Waals surface area contributed by atoms with Crippen LogP contribution in [0.15, 0.2) is 46.9 Å². The first-order chi connectivity index (χ1) is 9.47. The highest BCUT2D eigenvalue weighted by Crippen LogP contribution is 2.28. The largest absolute Gasteiger partial charge is 0.481 e. The smallest absolute Gasteiger partial charge is 0.311 e. The van der Waals surface area contributed by atoms with Gasteiger partial charge in [-0.1, -0.05) is 57.3 Å². The van der Waals surface area contributed by atoms with E-state index < -0.39 is 11.9 Å². The molecule has 2 rings (SSSR count). The van der Waals surface area contributed by atoms with Gasteiger partial charge in [0.1, 0.15) is 0 Å². The van der Waals surface area contributed by atoms with E-state index in [2.05, 4.69) is 15.9 Å². The molecule has 2 nitrogen and oxygen atoms in total. The molecule has 0 aliphatic rings. The zero-order valence-electron chi connectivity index (χ0n) is 10.3. The number of hydrogen-bond donors (Lipinski definition) is 1. The van der Waals surface area contributed by atoms with Gasteiger partial charge in [-0.25, -0.2) is 0 Å². The van der Waals surface area contributed by atoms with Crippen LogP contribution in [0, 0.1) is 0 Å². The molecule has 20 heavy (non-hydrogen) atoms. The van der Waals surface area contributed by atoms with Crippen molar-refractivity contribution in [2.24, 2.45) is 0 Å². The van der Waals surface area contributed by atoms with Gasteiger partial charge in [0.05, 0.1) is 5.92 Å². The summed E-state index contributed by atoms with van der Waals surface area (Å²) in [6.07, 6.45) is 0.321. The molecule has 2 aromatic rings. The SMILES string of the molecule is O=C(O)C(Cc1ccc(Br)cc1Cl)c1cccc(Cl)c1. The Morgan fingerprint density at radius 3 is 2.55 bits per heavy atom. The van der Waals surface area contributed by atoms with E-state index in [4.69, 9.17) is 23.2 Å². The molecule has 1 atom stereocenters. The van der Waals surface area contributed by atoms with E-state index in [1.165, 1.54) is 0 Å². The maximum Gasteiger partial charge on any atom is 0.311 e. The maximum absolute atomic E-state index is 11.5. The molecular weight excluding hydrogens is 363 g/mol. The average Bonchev–Trinajstić information content (AvgIpc) is 2.37. The molecule has 0 fully saturated rings. The molecule has 0 aliphatic heterocycles. The molecule has 2 aromatic carbocycles. The van der Waals surface area contributed by atoms with E-state index in [0.29, 0.717) is 22.0 Å². The number of halogens is 3. The summed E-state index contributed by atoms with van der Waals surface area (Å²) in [6.45, 7) is 0. The summed E-state index contributed by atoms with van der Waals surface area (Å²) in [5.41, 5.74) is 1.46. The zero-order valence-corrected chi connectivity index (χ0v) is 13.4. The molecule has 0 saturated heterocycles. The van der Waals surface area contributed by atoms with Crippen molar-refractivity contribution < 1.29 is 9.90 Å². The Morgan fingerprint density at radius 1 is 1.20 bits per heavy atom. The third-order valence-corrected chi connectivity index (χ3v) is 4.07. The van der Waals surface area contributed by atoms with Crippen molar-refractivity contribution in [3.8, 4) is 0 Å². The predicted molar refractivity (Wildman–Crippen MR) is 84.7 cm³/mol. The van der Waals surface area contributed by atoms with Crippen molar-refractivity contribution in [1.29, 1.82) is 0 Å². The van der Waals surface area contributed by atoms with Crippen molar-refractivity contribution in [3.63, 3.8) is 0 Å². The molecule has 0 bridgehead atoms. The average molecular weight is 374 g/mol. The second kappa shape index (κ2) is 6.61. The van der Waals surface area contributed by atoms with Gasteiger partial charge in [-0.3, -0.25) is 4.79 Å². The van der Waals surface area contributed by atoms with E-state index in [9.17, 15) is 9.90 Å². The highest BCUT2D eigenvalue weighted by molar-refractivity contribution is 9.10. The van der Waals surface area contributed by atoms with E-state index in [-0.39, 0.29) is 0 Å². The van der Waals surface area contributed by atoms with Gasteiger partial charge in [-0.05, 0) is 41.8 Å². The van der Waals surface area contributed by atoms with Crippen LogP contribution in [0.4, 0.5) is 0 Å². The van der Waals surface area contributed by atoms with Crippen LogP contribution in [0.5, 0.6) is 0 Å². The third-order valence-electron chi connectivity index (χ3n) is 2.99. The van der Waals surface area contributed by atoms with Crippen LogP contribution in [0.2, 0.25) is 10.0 Å². The monoisotopic (exact) mass is 372 g/mol. The summed E-state index contributed by atoms with van der Waals surface area (Å²) >= 11 is 15.4. The molecule has 1 unspecified atom stereocenters. The minimum absolute atomic E-state index is 0.321. The quantitative estimate of drug-likeness (QED) is 0.802. The van der Waals surface area contributed by atoms with Crippen LogP contribution in [0.3, 0.4) is 0 Å². The minimum Gasteiger partial charge on any atom is -0.481 e. The number of aliphatic carboxylic acids is 1. The van der Waals surface area contributed by atoms with Crippen LogP contribution in [0.25, 0.3) is 0 Å². The molecule has 0 aliphatic carbocycles. The fourth-order valence-corrected chi connectivity index (χ4v) is 2.93. The normalized spacial score (nSPS) is 12.2. The number of benzene rings is 2. The summed E-state index contributed by atoms with van der Waals surface area (Å²) in [7, 11) is 0. The maximum atomic E-state index is 11.5. The van der Waals surface area contributed by atoms with Crippen molar-refractivity contribution in [3.05, 3.63) is 68.1 Å². The number of hydrogen-bond acceptors (Lipinski definition) is 1. The van der Waals surface area contributed by atoms with Gasteiger partial charge in [-0.2, -0.15) is 0 Å². The van der Waals surface area contributed by atoms with Gasteiger partial charge in [0, 0.05) is 14.5 Å². The van der Waals surface area contributed by atoms with Crippen LogP contribution in [0.1, 0.15) is 17.0 Å². The van der Waals surface area contributed by atoms with E-state index >= 15 is 0 Å². The fraction of sp³-hybridized carbons (Fsp3) is 0.133. The van der Waals surface area contributed by atoms with E-state index in [1.807, 2.05) is 12.1 Å². The fourth-order valence-electron chi connectivity index (χ4n) is 1.98. The topological polar surface area (TPSA) is 37.3 Å².